The highest BCUT2D eigenvalue weighted by molar-refractivity contribution is 6.03. The van der Waals surface area contributed by atoms with Gasteiger partial charge in [0.15, 0.2) is 6.10 Å². The van der Waals surface area contributed by atoms with Crippen LogP contribution in [-0.2, 0) is 20.7 Å². The van der Waals surface area contributed by atoms with E-state index in [0.29, 0.717) is 5.69 Å². The Balaban J connectivity index is 1.43. The molecule has 0 saturated carbocycles. The number of hydrogen-bond donors (Lipinski definition) is 1. The second-order valence-electron chi connectivity index (χ2n) is 6.96. The molecule has 0 aliphatic heterocycles. The summed E-state index contributed by atoms with van der Waals surface area (Å²) in [6.07, 6.45) is -0.774. The standard InChI is InChI=1S/C25H21NO3/c1-17(25(28)26-23-15-7-11-19-9-3-5-14-22(19)23)29-24(27)16-20-12-6-10-18-8-2-4-13-21(18)20/h2-15,17H,16H2,1H3,(H,26,28)/t17-/m1/s1. The third-order valence-corrected chi connectivity index (χ3v) is 4.94. The zero-order valence-electron chi connectivity index (χ0n) is 16.1. The number of nitrogens with one attached hydrogen (secondary N) is 1. The molecule has 1 N–H and O–H groups in total. The minimum Gasteiger partial charge on any atom is -0.452 e. The van der Waals surface area contributed by atoms with Gasteiger partial charge in [-0.15, -0.1) is 0 Å². The molecule has 4 aromatic carbocycles. The number of fused-ring (bicyclic) bond motifs is 2. The molecule has 144 valence electrons. The first kappa shape index (κ1) is 18.7. The van der Waals surface area contributed by atoms with Gasteiger partial charge in [-0.1, -0.05) is 78.9 Å². The SMILES string of the molecule is C[C@@H](OC(=O)Cc1cccc2ccccc12)C(=O)Nc1cccc2ccccc12. The van der Waals surface area contributed by atoms with Crippen molar-refractivity contribution in [1.29, 1.82) is 0 Å². The first-order valence-electron chi connectivity index (χ1n) is 9.56. The van der Waals surface area contributed by atoms with Crippen LogP contribution in [0.4, 0.5) is 5.69 Å². The summed E-state index contributed by atoms with van der Waals surface area (Å²) in [5.41, 5.74) is 1.58. The van der Waals surface area contributed by atoms with E-state index >= 15 is 0 Å². The number of anilines is 1. The molecule has 0 saturated heterocycles. The van der Waals surface area contributed by atoms with E-state index in [4.69, 9.17) is 4.74 Å². The van der Waals surface area contributed by atoms with E-state index in [0.717, 1.165) is 27.1 Å². The molecule has 29 heavy (non-hydrogen) atoms. The molecule has 4 heteroatoms. The lowest BCUT2D eigenvalue weighted by Crippen LogP contribution is -2.30. The zero-order valence-corrected chi connectivity index (χ0v) is 16.1. The van der Waals surface area contributed by atoms with E-state index in [1.54, 1.807) is 6.92 Å². The highest BCUT2D eigenvalue weighted by Gasteiger charge is 2.19. The lowest BCUT2D eigenvalue weighted by atomic mass is 10.0. The molecule has 0 radical (unpaired) electrons. The van der Waals surface area contributed by atoms with Gasteiger partial charge in [-0.25, -0.2) is 0 Å². The molecule has 4 nitrogen and oxygen atoms in total. The molecule has 0 aliphatic rings. The largest absolute Gasteiger partial charge is 0.452 e. The summed E-state index contributed by atoms with van der Waals surface area (Å²) in [6.45, 7) is 1.58. The molecule has 0 heterocycles. The minimum absolute atomic E-state index is 0.118. The van der Waals surface area contributed by atoms with Gasteiger partial charge in [0, 0.05) is 11.1 Å². The Bertz CT molecular complexity index is 1190. The van der Waals surface area contributed by atoms with Crippen LogP contribution in [0.3, 0.4) is 0 Å². The highest BCUT2D eigenvalue weighted by atomic mass is 16.5. The number of rotatable bonds is 5. The summed E-state index contributed by atoms with van der Waals surface area (Å²) >= 11 is 0. The normalized spacial score (nSPS) is 11.9. The van der Waals surface area contributed by atoms with E-state index < -0.39 is 12.1 Å². The molecule has 0 unspecified atom stereocenters. The fraction of sp³-hybridized carbons (Fsp3) is 0.120. The van der Waals surface area contributed by atoms with E-state index in [1.165, 1.54) is 0 Å². The lowest BCUT2D eigenvalue weighted by Gasteiger charge is -2.15. The van der Waals surface area contributed by atoms with Crippen LogP contribution in [0.2, 0.25) is 0 Å². The maximum atomic E-state index is 12.6. The fourth-order valence-corrected chi connectivity index (χ4v) is 3.46. The second-order valence-corrected chi connectivity index (χ2v) is 6.96. The molecular weight excluding hydrogens is 362 g/mol. The number of hydrogen-bond acceptors (Lipinski definition) is 3. The number of carbonyl (C=O) groups is 2. The Hall–Kier alpha value is -3.66. The monoisotopic (exact) mass is 383 g/mol. The average Bonchev–Trinajstić information content (AvgIpc) is 2.74. The molecule has 4 rings (SSSR count). The quantitative estimate of drug-likeness (QED) is 0.488. The van der Waals surface area contributed by atoms with Gasteiger partial charge in [0.2, 0.25) is 0 Å². The highest BCUT2D eigenvalue weighted by Crippen LogP contribution is 2.23. The molecular formula is C25H21NO3. The zero-order chi connectivity index (χ0) is 20.2. The molecule has 0 bridgehead atoms. The molecule has 0 spiro atoms. The average molecular weight is 383 g/mol. The molecule has 0 fully saturated rings. The number of ether oxygens (including phenoxy) is 1. The lowest BCUT2D eigenvalue weighted by molar-refractivity contribution is -0.152. The van der Waals surface area contributed by atoms with Crippen molar-refractivity contribution in [3.63, 3.8) is 0 Å². The fourth-order valence-electron chi connectivity index (χ4n) is 3.46. The van der Waals surface area contributed by atoms with Crippen molar-refractivity contribution in [2.24, 2.45) is 0 Å². The van der Waals surface area contributed by atoms with E-state index in [-0.39, 0.29) is 12.3 Å². The van der Waals surface area contributed by atoms with Gasteiger partial charge in [0.25, 0.3) is 5.91 Å². The summed E-state index contributed by atoms with van der Waals surface area (Å²) in [5, 5.41) is 6.93. The number of carbonyl (C=O) groups excluding carboxylic acids is 2. The van der Waals surface area contributed by atoms with Crippen LogP contribution in [-0.4, -0.2) is 18.0 Å². The molecule has 0 aliphatic carbocycles. The van der Waals surface area contributed by atoms with Gasteiger partial charge in [-0.3, -0.25) is 9.59 Å². The summed E-state index contributed by atoms with van der Waals surface area (Å²) in [7, 11) is 0. The van der Waals surface area contributed by atoms with Crippen molar-refractivity contribution in [3.05, 3.63) is 90.5 Å². The Morgan fingerprint density at radius 3 is 2.14 bits per heavy atom. The van der Waals surface area contributed by atoms with Crippen molar-refractivity contribution in [2.75, 3.05) is 5.32 Å². The third kappa shape index (κ3) is 4.11. The van der Waals surface area contributed by atoms with Gasteiger partial charge in [-0.2, -0.15) is 0 Å². The summed E-state index contributed by atoms with van der Waals surface area (Å²) in [4.78, 5) is 25.0. The van der Waals surface area contributed by atoms with Gasteiger partial charge >= 0.3 is 5.97 Å². The van der Waals surface area contributed by atoms with Crippen molar-refractivity contribution in [1.82, 2.24) is 0 Å². The Morgan fingerprint density at radius 1 is 0.793 bits per heavy atom. The van der Waals surface area contributed by atoms with Crippen LogP contribution < -0.4 is 5.32 Å². The van der Waals surface area contributed by atoms with E-state index in [2.05, 4.69) is 5.32 Å². The second kappa shape index (κ2) is 8.15. The van der Waals surface area contributed by atoms with Crippen LogP contribution in [0.5, 0.6) is 0 Å². The Labute approximate surface area is 169 Å². The molecule has 1 amide bonds. The van der Waals surface area contributed by atoms with Gasteiger partial charge in [0.05, 0.1) is 6.42 Å². The predicted molar refractivity (Wildman–Crippen MR) is 116 cm³/mol. The number of esters is 1. The first-order valence-corrected chi connectivity index (χ1v) is 9.56. The number of benzene rings is 4. The maximum Gasteiger partial charge on any atom is 0.311 e. The first-order chi connectivity index (χ1) is 14.1. The summed E-state index contributed by atoms with van der Waals surface area (Å²) in [6, 6.07) is 27.2. The van der Waals surface area contributed by atoms with E-state index in [9.17, 15) is 9.59 Å². The molecule has 0 aromatic heterocycles. The van der Waals surface area contributed by atoms with Crippen molar-refractivity contribution in [2.45, 2.75) is 19.4 Å². The molecule has 1 atom stereocenters. The van der Waals surface area contributed by atoms with Crippen molar-refractivity contribution in [3.8, 4) is 0 Å². The number of amides is 1. The van der Waals surface area contributed by atoms with Gasteiger partial charge in [0.1, 0.15) is 0 Å². The van der Waals surface area contributed by atoms with Gasteiger partial charge in [-0.05, 0) is 34.7 Å². The van der Waals surface area contributed by atoms with Crippen LogP contribution in [0.15, 0.2) is 84.9 Å². The van der Waals surface area contributed by atoms with Crippen LogP contribution >= 0.6 is 0 Å². The predicted octanol–water partition coefficient (Wildman–Crippen LogP) is 5.11. The summed E-state index contributed by atoms with van der Waals surface area (Å²) in [5.74, 6) is -0.783. The minimum atomic E-state index is -0.892. The van der Waals surface area contributed by atoms with Crippen LogP contribution in [0.1, 0.15) is 12.5 Å². The smallest absolute Gasteiger partial charge is 0.311 e. The maximum absolute atomic E-state index is 12.6. The third-order valence-electron chi connectivity index (χ3n) is 4.94. The van der Waals surface area contributed by atoms with Crippen molar-refractivity contribution >= 4 is 39.1 Å². The summed E-state index contributed by atoms with van der Waals surface area (Å²) < 4.78 is 5.40. The van der Waals surface area contributed by atoms with Crippen LogP contribution in [0.25, 0.3) is 21.5 Å². The Morgan fingerprint density at radius 2 is 1.38 bits per heavy atom. The Kier molecular flexibility index (Phi) is 5.25. The topological polar surface area (TPSA) is 55.4 Å². The van der Waals surface area contributed by atoms with Gasteiger partial charge < -0.3 is 10.1 Å². The van der Waals surface area contributed by atoms with Crippen LogP contribution in [0, 0.1) is 0 Å². The van der Waals surface area contributed by atoms with E-state index in [1.807, 2.05) is 84.9 Å². The van der Waals surface area contributed by atoms with Crippen molar-refractivity contribution < 1.29 is 14.3 Å². The molecule has 4 aromatic rings.